The van der Waals surface area contributed by atoms with Crippen LogP contribution in [0.15, 0.2) is 28.7 Å². The number of aryl methyl sites for hydroxylation is 2. The van der Waals surface area contributed by atoms with Gasteiger partial charge in [0.2, 0.25) is 0 Å². The minimum absolute atomic E-state index is 0.483. The van der Waals surface area contributed by atoms with Crippen molar-refractivity contribution < 1.29 is 4.42 Å². The van der Waals surface area contributed by atoms with Crippen molar-refractivity contribution in [3.63, 3.8) is 0 Å². The van der Waals surface area contributed by atoms with Crippen LogP contribution in [0.1, 0.15) is 17.7 Å². The Bertz CT molecular complexity index is 553. The molecule has 0 radical (unpaired) electrons. The molecule has 0 saturated carbocycles. The third kappa shape index (κ3) is 1.43. The van der Waals surface area contributed by atoms with Crippen LogP contribution in [-0.2, 0) is 12.8 Å². The highest BCUT2D eigenvalue weighted by molar-refractivity contribution is 7.71. The van der Waals surface area contributed by atoms with Gasteiger partial charge in [0, 0.05) is 12.0 Å². The summed E-state index contributed by atoms with van der Waals surface area (Å²) in [7, 11) is 0. The molecule has 15 heavy (non-hydrogen) atoms. The Balaban J connectivity index is 2.31. The lowest BCUT2D eigenvalue weighted by molar-refractivity contribution is 0.485. The van der Waals surface area contributed by atoms with E-state index in [0.29, 0.717) is 4.84 Å². The number of rotatable bonds is 0. The first-order valence-electron chi connectivity index (χ1n) is 5.15. The fourth-order valence-corrected chi connectivity index (χ4v) is 2.38. The fourth-order valence-electron chi connectivity index (χ4n) is 2.18. The lowest BCUT2D eigenvalue weighted by Crippen LogP contribution is -1.86. The molecule has 1 aliphatic carbocycles. The standard InChI is InChI=1S/C12H11NOS/c15-12-13-11-9-6-2-1-4-8(9)5-3-7-10(11)14-12/h1-2,4,6H,3,5,7H2,(H,13,15). The van der Waals surface area contributed by atoms with Gasteiger partial charge in [-0.05, 0) is 30.6 Å². The molecule has 3 heteroatoms. The molecule has 1 aliphatic rings. The molecule has 1 aromatic heterocycles. The summed E-state index contributed by atoms with van der Waals surface area (Å²) >= 11 is 5.03. The molecular weight excluding hydrogens is 206 g/mol. The Kier molecular flexibility index (Phi) is 1.99. The van der Waals surface area contributed by atoms with Crippen LogP contribution in [0.3, 0.4) is 0 Å². The molecule has 1 heterocycles. The number of oxazole rings is 1. The lowest BCUT2D eigenvalue weighted by Gasteiger charge is -2.03. The normalized spacial score (nSPS) is 14.1. The van der Waals surface area contributed by atoms with Gasteiger partial charge < -0.3 is 9.40 Å². The van der Waals surface area contributed by atoms with E-state index < -0.39 is 0 Å². The zero-order chi connectivity index (χ0) is 10.3. The second kappa shape index (κ2) is 3.35. The van der Waals surface area contributed by atoms with Crippen LogP contribution in [0.5, 0.6) is 0 Å². The quantitative estimate of drug-likeness (QED) is 0.684. The fraction of sp³-hybridized carbons (Fsp3) is 0.250. The lowest BCUT2D eigenvalue weighted by atomic mass is 10.0. The van der Waals surface area contributed by atoms with Gasteiger partial charge in [-0.2, -0.15) is 0 Å². The van der Waals surface area contributed by atoms with E-state index in [1.165, 1.54) is 11.1 Å². The molecule has 76 valence electrons. The molecule has 0 atom stereocenters. The summed E-state index contributed by atoms with van der Waals surface area (Å²) in [6.45, 7) is 0. The molecule has 3 rings (SSSR count). The summed E-state index contributed by atoms with van der Waals surface area (Å²) in [5, 5.41) is 0. The van der Waals surface area contributed by atoms with Crippen molar-refractivity contribution in [2.24, 2.45) is 0 Å². The molecule has 0 spiro atoms. The van der Waals surface area contributed by atoms with Gasteiger partial charge in [-0.3, -0.25) is 0 Å². The SMILES string of the molecule is S=c1[nH]c2c(o1)CCCc1ccccc1-2. The van der Waals surface area contributed by atoms with Crippen LogP contribution in [0.2, 0.25) is 0 Å². The first kappa shape index (κ1) is 8.92. The Hall–Kier alpha value is -1.35. The van der Waals surface area contributed by atoms with E-state index in [1.54, 1.807) is 0 Å². The van der Waals surface area contributed by atoms with Gasteiger partial charge in [0.1, 0.15) is 5.76 Å². The van der Waals surface area contributed by atoms with E-state index in [9.17, 15) is 0 Å². The number of nitrogens with one attached hydrogen (secondary N) is 1. The first-order valence-corrected chi connectivity index (χ1v) is 5.56. The summed E-state index contributed by atoms with van der Waals surface area (Å²) in [4.78, 5) is 3.62. The second-order valence-corrected chi connectivity index (χ2v) is 4.19. The molecule has 1 aromatic carbocycles. The van der Waals surface area contributed by atoms with Gasteiger partial charge in [-0.15, -0.1) is 0 Å². The van der Waals surface area contributed by atoms with Gasteiger partial charge in [0.15, 0.2) is 0 Å². The number of hydrogen-bond donors (Lipinski definition) is 1. The highest BCUT2D eigenvalue weighted by Gasteiger charge is 2.17. The molecule has 0 fully saturated rings. The van der Waals surface area contributed by atoms with E-state index >= 15 is 0 Å². The molecule has 2 nitrogen and oxygen atoms in total. The Morgan fingerprint density at radius 2 is 2.07 bits per heavy atom. The smallest absolute Gasteiger partial charge is 0.266 e. The van der Waals surface area contributed by atoms with Crippen molar-refractivity contribution >= 4 is 12.2 Å². The van der Waals surface area contributed by atoms with E-state index in [1.807, 2.05) is 0 Å². The molecule has 0 saturated heterocycles. The average Bonchev–Trinajstić information content (AvgIpc) is 2.52. The summed E-state index contributed by atoms with van der Waals surface area (Å²) in [6, 6.07) is 8.44. The molecule has 0 aliphatic heterocycles. The van der Waals surface area contributed by atoms with Crippen molar-refractivity contribution in [2.75, 3.05) is 0 Å². The molecule has 0 bridgehead atoms. The van der Waals surface area contributed by atoms with Crippen LogP contribution in [0.4, 0.5) is 0 Å². The maximum atomic E-state index is 5.50. The van der Waals surface area contributed by atoms with Gasteiger partial charge in [-0.25, -0.2) is 0 Å². The number of aromatic amines is 1. The molecule has 1 N–H and O–H groups in total. The minimum Gasteiger partial charge on any atom is -0.434 e. The summed E-state index contributed by atoms with van der Waals surface area (Å²) in [5.41, 5.74) is 3.70. The van der Waals surface area contributed by atoms with Gasteiger partial charge >= 0.3 is 0 Å². The third-order valence-corrected chi connectivity index (χ3v) is 3.04. The molecular formula is C12H11NOS. The van der Waals surface area contributed by atoms with E-state index in [0.717, 1.165) is 30.7 Å². The Morgan fingerprint density at radius 1 is 1.20 bits per heavy atom. The predicted molar refractivity (Wildman–Crippen MR) is 61.4 cm³/mol. The predicted octanol–water partition coefficient (Wildman–Crippen LogP) is 3.49. The van der Waals surface area contributed by atoms with Crippen LogP contribution in [0.25, 0.3) is 11.3 Å². The Labute approximate surface area is 93.0 Å². The van der Waals surface area contributed by atoms with Gasteiger partial charge in [0.05, 0.1) is 5.69 Å². The van der Waals surface area contributed by atoms with E-state index in [4.69, 9.17) is 16.6 Å². The zero-order valence-corrected chi connectivity index (χ0v) is 9.06. The van der Waals surface area contributed by atoms with E-state index in [-0.39, 0.29) is 0 Å². The second-order valence-electron chi connectivity index (χ2n) is 3.82. The number of aromatic nitrogens is 1. The molecule has 0 unspecified atom stereocenters. The zero-order valence-electron chi connectivity index (χ0n) is 8.25. The number of benzene rings is 1. The van der Waals surface area contributed by atoms with Crippen molar-refractivity contribution in [1.29, 1.82) is 0 Å². The molecule has 2 aromatic rings. The first-order chi connectivity index (χ1) is 7.34. The van der Waals surface area contributed by atoms with Crippen LogP contribution >= 0.6 is 12.2 Å². The highest BCUT2D eigenvalue weighted by atomic mass is 32.1. The number of fused-ring (bicyclic) bond motifs is 3. The van der Waals surface area contributed by atoms with Crippen molar-refractivity contribution in [3.05, 3.63) is 40.4 Å². The maximum Gasteiger partial charge on any atom is 0.266 e. The van der Waals surface area contributed by atoms with Crippen LogP contribution in [-0.4, -0.2) is 4.98 Å². The maximum absolute atomic E-state index is 5.50. The summed E-state index contributed by atoms with van der Waals surface area (Å²) in [6.07, 6.45) is 3.21. The van der Waals surface area contributed by atoms with E-state index in [2.05, 4.69) is 29.2 Å². The van der Waals surface area contributed by atoms with Crippen molar-refractivity contribution in [1.82, 2.24) is 4.98 Å². The number of hydrogen-bond acceptors (Lipinski definition) is 2. The highest BCUT2D eigenvalue weighted by Crippen LogP contribution is 2.31. The van der Waals surface area contributed by atoms with Crippen molar-refractivity contribution in [2.45, 2.75) is 19.3 Å². The largest absolute Gasteiger partial charge is 0.434 e. The van der Waals surface area contributed by atoms with Crippen LogP contribution < -0.4 is 0 Å². The van der Waals surface area contributed by atoms with Gasteiger partial charge in [-0.1, -0.05) is 24.3 Å². The number of H-pyrrole nitrogens is 1. The topological polar surface area (TPSA) is 28.9 Å². The molecule has 0 amide bonds. The minimum atomic E-state index is 0.483. The average molecular weight is 217 g/mol. The van der Waals surface area contributed by atoms with Gasteiger partial charge in [0.25, 0.3) is 4.84 Å². The Morgan fingerprint density at radius 3 is 3.00 bits per heavy atom. The summed E-state index contributed by atoms with van der Waals surface area (Å²) < 4.78 is 5.50. The third-order valence-electron chi connectivity index (χ3n) is 2.86. The van der Waals surface area contributed by atoms with Crippen LogP contribution in [0, 0.1) is 4.84 Å². The van der Waals surface area contributed by atoms with Crippen molar-refractivity contribution in [3.8, 4) is 11.3 Å². The monoisotopic (exact) mass is 217 g/mol. The summed E-state index contributed by atoms with van der Waals surface area (Å²) in [5.74, 6) is 1.00.